The predicted molar refractivity (Wildman–Crippen MR) is 128 cm³/mol. The number of nitrogens with one attached hydrogen (secondary N) is 1. The number of rotatable bonds is 6. The SMILES string of the molecule is Cc1ccc(NC2=C(c3ccc(C)cc3)C(=O)N(c3ccc(OC(C)C)cc3)C2=O)cc1. The highest BCUT2D eigenvalue weighted by Gasteiger charge is 2.40. The van der Waals surface area contributed by atoms with Crippen molar-refractivity contribution in [1.82, 2.24) is 0 Å². The zero-order valence-corrected chi connectivity index (χ0v) is 18.7. The molecule has 0 spiro atoms. The number of imide groups is 1. The van der Waals surface area contributed by atoms with Crippen molar-refractivity contribution in [2.75, 3.05) is 10.2 Å². The van der Waals surface area contributed by atoms with Crippen molar-refractivity contribution in [3.63, 3.8) is 0 Å². The average Bonchev–Trinajstić information content (AvgIpc) is 3.00. The summed E-state index contributed by atoms with van der Waals surface area (Å²) in [6.45, 7) is 7.88. The number of amides is 2. The van der Waals surface area contributed by atoms with Crippen molar-refractivity contribution < 1.29 is 14.3 Å². The fourth-order valence-corrected chi connectivity index (χ4v) is 3.60. The van der Waals surface area contributed by atoms with Crippen molar-refractivity contribution in [2.24, 2.45) is 0 Å². The highest BCUT2D eigenvalue weighted by Crippen LogP contribution is 2.34. The number of hydrogen-bond donors (Lipinski definition) is 1. The molecule has 0 atom stereocenters. The Morgan fingerprint density at radius 3 is 1.88 bits per heavy atom. The van der Waals surface area contributed by atoms with E-state index in [0.29, 0.717) is 22.6 Å². The second-order valence-corrected chi connectivity index (χ2v) is 8.21. The van der Waals surface area contributed by atoms with Gasteiger partial charge in [0.15, 0.2) is 0 Å². The van der Waals surface area contributed by atoms with Gasteiger partial charge < -0.3 is 10.1 Å². The number of carbonyl (C=O) groups is 2. The molecule has 1 N–H and O–H groups in total. The van der Waals surface area contributed by atoms with Gasteiger partial charge in [-0.05, 0) is 69.7 Å². The van der Waals surface area contributed by atoms with Crippen LogP contribution in [0.15, 0.2) is 78.5 Å². The summed E-state index contributed by atoms with van der Waals surface area (Å²) in [5.74, 6) is -0.0535. The maximum absolute atomic E-state index is 13.5. The molecule has 5 nitrogen and oxygen atoms in total. The first-order valence-electron chi connectivity index (χ1n) is 10.6. The van der Waals surface area contributed by atoms with E-state index in [1.54, 1.807) is 24.3 Å². The minimum atomic E-state index is -0.385. The first-order valence-corrected chi connectivity index (χ1v) is 10.6. The highest BCUT2D eigenvalue weighted by atomic mass is 16.5. The van der Waals surface area contributed by atoms with E-state index in [0.717, 1.165) is 16.8 Å². The molecule has 3 aromatic rings. The van der Waals surface area contributed by atoms with Crippen molar-refractivity contribution in [3.05, 3.63) is 95.2 Å². The Morgan fingerprint density at radius 2 is 1.31 bits per heavy atom. The predicted octanol–water partition coefficient (Wildman–Crippen LogP) is 5.49. The topological polar surface area (TPSA) is 58.6 Å². The van der Waals surface area contributed by atoms with Crippen LogP contribution in [0.2, 0.25) is 0 Å². The lowest BCUT2D eigenvalue weighted by Crippen LogP contribution is -2.32. The summed E-state index contributed by atoms with van der Waals surface area (Å²) in [5.41, 5.74) is 4.77. The third kappa shape index (κ3) is 4.28. The van der Waals surface area contributed by atoms with Crippen molar-refractivity contribution in [3.8, 4) is 5.75 Å². The Kier molecular flexibility index (Phi) is 5.82. The van der Waals surface area contributed by atoms with Gasteiger partial charge in [-0.15, -0.1) is 0 Å². The summed E-state index contributed by atoms with van der Waals surface area (Å²) in [7, 11) is 0. The molecule has 4 rings (SSSR count). The van der Waals surface area contributed by atoms with Crippen molar-refractivity contribution in [2.45, 2.75) is 33.8 Å². The van der Waals surface area contributed by atoms with Crippen LogP contribution in [0.3, 0.4) is 0 Å². The molecule has 0 saturated carbocycles. The maximum Gasteiger partial charge on any atom is 0.282 e. The molecule has 0 aliphatic carbocycles. The van der Waals surface area contributed by atoms with Gasteiger partial charge in [-0.1, -0.05) is 47.5 Å². The zero-order valence-electron chi connectivity index (χ0n) is 18.7. The minimum absolute atomic E-state index is 0.0380. The molecule has 1 aliphatic heterocycles. The molecule has 0 fully saturated rings. The van der Waals surface area contributed by atoms with Gasteiger partial charge in [-0.2, -0.15) is 0 Å². The summed E-state index contributed by atoms with van der Waals surface area (Å²) in [6, 6.07) is 22.3. The van der Waals surface area contributed by atoms with Crippen molar-refractivity contribution >= 4 is 28.8 Å². The van der Waals surface area contributed by atoms with E-state index in [2.05, 4.69) is 5.32 Å². The van der Waals surface area contributed by atoms with Crippen LogP contribution in [0.4, 0.5) is 11.4 Å². The lowest BCUT2D eigenvalue weighted by Gasteiger charge is -2.17. The fraction of sp³-hybridized carbons (Fsp3) is 0.185. The summed E-state index contributed by atoms with van der Waals surface area (Å²) in [5, 5.41) is 3.19. The van der Waals surface area contributed by atoms with Gasteiger partial charge >= 0.3 is 0 Å². The maximum atomic E-state index is 13.5. The third-order valence-electron chi connectivity index (χ3n) is 5.21. The number of benzene rings is 3. The molecule has 0 aromatic heterocycles. The van der Waals surface area contributed by atoms with E-state index >= 15 is 0 Å². The lowest BCUT2D eigenvalue weighted by atomic mass is 10.0. The Hall–Kier alpha value is -3.86. The zero-order chi connectivity index (χ0) is 22.8. The van der Waals surface area contributed by atoms with E-state index in [-0.39, 0.29) is 23.6 Å². The van der Waals surface area contributed by atoms with E-state index in [1.807, 2.05) is 76.2 Å². The van der Waals surface area contributed by atoms with Gasteiger partial charge in [0.05, 0.1) is 17.4 Å². The summed E-state index contributed by atoms with van der Waals surface area (Å²) < 4.78 is 5.69. The van der Waals surface area contributed by atoms with Gasteiger partial charge in [0.25, 0.3) is 11.8 Å². The van der Waals surface area contributed by atoms with Crippen LogP contribution in [-0.4, -0.2) is 17.9 Å². The van der Waals surface area contributed by atoms with Crippen LogP contribution in [0, 0.1) is 13.8 Å². The monoisotopic (exact) mass is 426 g/mol. The number of nitrogens with zero attached hydrogens (tertiary/aromatic N) is 1. The molecule has 0 radical (unpaired) electrons. The average molecular weight is 427 g/mol. The molecular weight excluding hydrogens is 400 g/mol. The van der Waals surface area contributed by atoms with Crippen LogP contribution >= 0.6 is 0 Å². The van der Waals surface area contributed by atoms with Crippen LogP contribution in [0.25, 0.3) is 5.57 Å². The minimum Gasteiger partial charge on any atom is -0.491 e. The fourth-order valence-electron chi connectivity index (χ4n) is 3.60. The second kappa shape index (κ2) is 8.71. The van der Waals surface area contributed by atoms with E-state index in [9.17, 15) is 9.59 Å². The number of anilines is 2. The standard InChI is InChI=1S/C27H26N2O3/c1-17(2)32-23-15-13-22(14-16-23)29-26(30)24(20-9-5-18(3)6-10-20)25(27(29)31)28-21-11-7-19(4)8-12-21/h5-17,28H,1-4H3. The molecule has 2 amide bonds. The number of aryl methyl sites for hydroxylation is 2. The van der Waals surface area contributed by atoms with E-state index < -0.39 is 0 Å². The quantitative estimate of drug-likeness (QED) is 0.530. The largest absolute Gasteiger partial charge is 0.491 e. The number of carbonyl (C=O) groups excluding carboxylic acids is 2. The Bertz CT molecular complexity index is 1180. The van der Waals surface area contributed by atoms with Crippen LogP contribution in [-0.2, 0) is 9.59 Å². The molecule has 1 aliphatic rings. The van der Waals surface area contributed by atoms with E-state index in [1.165, 1.54) is 4.90 Å². The van der Waals surface area contributed by atoms with Gasteiger partial charge in [-0.25, -0.2) is 4.90 Å². The molecule has 0 saturated heterocycles. The normalized spacial score (nSPS) is 13.8. The van der Waals surface area contributed by atoms with E-state index in [4.69, 9.17) is 4.74 Å². The van der Waals surface area contributed by atoms with Gasteiger partial charge in [0, 0.05) is 5.69 Å². The molecule has 5 heteroatoms. The molecular formula is C27H26N2O3. The second-order valence-electron chi connectivity index (χ2n) is 8.21. The highest BCUT2D eigenvalue weighted by molar-refractivity contribution is 6.46. The number of ether oxygens (including phenoxy) is 1. The molecule has 1 heterocycles. The Morgan fingerprint density at radius 1 is 0.750 bits per heavy atom. The molecule has 162 valence electrons. The lowest BCUT2D eigenvalue weighted by molar-refractivity contribution is -0.120. The Balaban J connectivity index is 1.73. The first kappa shape index (κ1) is 21.4. The number of hydrogen-bond acceptors (Lipinski definition) is 4. The summed E-state index contributed by atoms with van der Waals surface area (Å²) >= 11 is 0. The summed E-state index contributed by atoms with van der Waals surface area (Å²) in [4.78, 5) is 28.2. The molecule has 0 bridgehead atoms. The smallest absolute Gasteiger partial charge is 0.282 e. The molecule has 0 unspecified atom stereocenters. The van der Waals surface area contributed by atoms with Gasteiger partial charge in [0.2, 0.25) is 0 Å². The Labute approximate surface area is 188 Å². The van der Waals surface area contributed by atoms with Gasteiger partial charge in [0.1, 0.15) is 11.4 Å². The van der Waals surface area contributed by atoms with Crippen LogP contribution in [0.1, 0.15) is 30.5 Å². The van der Waals surface area contributed by atoms with Crippen LogP contribution < -0.4 is 15.0 Å². The molecule has 32 heavy (non-hydrogen) atoms. The molecule has 3 aromatic carbocycles. The summed E-state index contributed by atoms with van der Waals surface area (Å²) in [6.07, 6.45) is 0.0380. The van der Waals surface area contributed by atoms with Gasteiger partial charge in [-0.3, -0.25) is 9.59 Å². The third-order valence-corrected chi connectivity index (χ3v) is 5.21. The van der Waals surface area contributed by atoms with Crippen molar-refractivity contribution in [1.29, 1.82) is 0 Å². The first-order chi connectivity index (χ1) is 15.3. The van der Waals surface area contributed by atoms with Crippen LogP contribution in [0.5, 0.6) is 5.75 Å².